The van der Waals surface area contributed by atoms with Crippen molar-refractivity contribution in [1.82, 2.24) is 9.80 Å². The van der Waals surface area contributed by atoms with E-state index in [1.165, 1.54) is 24.1 Å². The van der Waals surface area contributed by atoms with Crippen LogP contribution in [0.15, 0.2) is 12.1 Å². The zero-order valence-corrected chi connectivity index (χ0v) is 14.3. The van der Waals surface area contributed by atoms with Crippen LogP contribution in [0.4, 0.5) is 8.78 Å². The van der Waals surface area contributed by atoms with Crippen molar-refractivity contribution in [3.8, 4) is 5.75 Å². The van der Waals surface area contributed by atoms with Gasteiger partial charge in [-0.15, -0.1) is 0 Å². The zero-order chi connectivity index (χ0) is 18.0. The van der Waals surface area contributed by atoms with Crippen molar-refractivity contribution >= 4 is 11.8 Å². The van der Waals surface area contributed by atoms with Gasteiger partial charge in [0.2, 0.25) is 11.7 Å². The minimum Gasteiger partial charge on any atom is -0.494 e. The lowest BCUT2D eigenvalue weighted by atomic mass is 10.1. The highest BCUT2D eigenvalue weighted by atomic mass is 19.2. The van der Waals surface area contributed by atoms with E-state index >= 15 is 0 Å². The Morgan fingerprint density at radius 1 is 1.29 bits per heavy atom. The van der Waals surface area contributed by atoms with E-state index in [0.29, 0.717) is 19.0 Å². The van der Waals surface area contributed by atoms with Crippen LogP contribution in [0.25, 0.3) is 0 Å². The third-order valence-corrected chi connectivity index (χ3v) is 4.09. The van der Waals surface area contributed by atoms with Gasteiger partial charge in [0.15, 0.2) is 11.6 Å². The SMILES string of the molecule is COc1ccc(C(=O)N2CCN(CC(C)C)C(=O)[C@@H]2C)c(F)c1F. The summed E-state index contributed by atoms with van der Waals surface area (Å²) in [4.78, 5) is 27.9. The normalized spacial score (nSPS) is 18.3. The molecule has 1 aliphatic rings. The third-order valence-electron chi connectivity index (χ3n) is 4.09. The van der Waals surface area contributed by atoms with Crippen LogP contribution < -0.4 is 4.74 Å². The number of piperazine rings is 1. The molecule has 0 spiro atoms. The van der Waals surface area contributed by atoms with Crippen LogP contribution in [-0.4, -0.2) is 54.4 Å². The molecule has 1 aromatic rings. The average molecular weight is 340 g/mol. The van der Waals surface area contributed by atoms with Gasteiger partial charge in [0.1, 0.15) is 6.04 Å². The lowest BCUT2D eigenvalue weighted by Crippen LogP contribution is -2.58. The number of nitrogens with zero attached hydrogens (tertiary/aromatic N) is 2. The summed E-state index contributed by atoms with van der Waals surface area (Å²) in [6.07, 6.45) is 0. The standard InChI is InChI=1S/C17H22F2N2O3/c1-10(2)9-20-7-8-21(11(3)16(20)22)17(23)12-5-6-13(24-4)15(19)14(12)18/h5-6,10-11H,7-9H2,1-4H3/t11-/m0/s1. The summed E-state index contributed by atoms with van der Waals surface area (Å²) in [6.45, 7) is 6.89. The minimum atomic E-state index is -1.26. The van der Waals surface area contributed by atoms with Crippen molar-refractivity contribution in [2.45, 2.75) is 26.8 Å². The molecule has 132 valence electrons. The summed E-state index contributed by atoms with van der Waals surface area (Å²) < 4.78 is 32.6. The summed E-state index contributed by atoms with van der Waals surface area (Å²) in [5.74, 6) is -3.30. The maximum absolute atomic E-state index is 14.1. The van der Waals surface area contributed by atoms with Crippen LogP contribution in [0.3, 0.4) is 0 Å². The predicted molar refractivity (Wildman–Crippen MR) is 84.8 cm³/mol. The number of hydrogen-bond donors (Lipinski definition) is 0. The fourth-order valence-corrected chi connectivity index (χ4v) is 2.84. The molecule has 1 aliphatic heterocycles. The first-order valence-electron chi connectivity index (χ1n) is 7.89. The Labute approximate surface area is 140 Å². The molecule has 0 aliphatic carbocycles. The van der Waals surface area contributed by atoms with Crippen molar-refractivity contribution in [3.05, 3.63) is 29.3 Å². The molecule has 24 heavy (non-hydrogen) atoms. The summed E-state index contributed by atoms with van der Waals surface area (Å²) >= 11 is 0. The largest absolute Gasteiger partial charge is 0.494 e. The van der Waals surface area contributed by atoms with Gasteiger partial charge in [-0.1, -0.05) is 13.8 Å². The topological polar surface area (TPSA) is 49.9 Å². The Kier molecular flexibility index (Phi) is 5.41. The molecule has 2 rings (SSSR count). The molecule has 1 heterocycles. The first kappa shape index (κ1) is 18.2. The number of carbonyl (C=O) groups is 2. The van der Waals surface area contributed by atoms with Crippen LogP contribution in [-0.2, 0) is 4.79 Å². The second kappa shape index (κ2) is 7.15. The van der Waals surface area contributed by atoms with E-state index < -0.39 is 29.1 Å². The van der Waals surface area contributed by atoms with E-state index in [1.54, 1.807) is 11.8 Å². The van der Waals surface area contributed by atoms with Gasteiger partial charge in [0.05, 0.1) is 12.7 Å². The molecule has 1 saturated heterocycles. The van der Waals surface area contributed by atoms with Crippen LogP contribution >= 0.6 is 0 Å². The Bertz CT molecular complexity index is 649. The molecule has 2 amide bonds. The van der Waals surface area contributed by atoms with E-state index in [1.807, 2.05) is 13.8 Å². The van der Waals surface area contributed by atoms with Gasteiger partial charge < -0.3 is 14.5 Å². The Morgan fingerprint density at radius 2 is 1.96 bits per heavy atom. The fraction of sp³-hybridized carbons (Fsp3) is 0.529. The van der Waals surface area contributed by atoms with Crippen molar-refractivity contribution in [2.75, 3.05) is 26.7 Å². The smallest absolute Gasteiger partial charge is 0.257 e. The highest BCUT2D eigenvalue weighted by Crippen LogP contribution is 2.25. The third kappa shape index (κ3) is 3.34. The molecular formula is C17H22F2N2O3. The first-order valence-corrected chi connectivity index (χ1v) is 7.89. The molecular weight excluding hydrogens is 318 g/mol. The van der Waals surface area contributed by atoms with Crippen LogP contribution in [0.5, 0.6) is 5.75 Å². The van der Waals surface area contributed by atoms with Crippen molar-refractivity contribution in [1.29, 1.82) is 0 Å². The number of amides is 2. The van der Waals surface area contributed by atoms with E-state index in [2.05, 4.69) is 0 Å². The highest BCUT2D eigenvalue weighted by molar-refractivity contribution is 5.98. The van der Waals surface area contributed by atoms with E-state index in [-0.39, 0.29) is 18.2 Å². The van der Waals surface area contributed by atoms with Crippen LogP contribution in [0.2, 0.25) is 0 Å². The lowest BCUT2D eigenvalue weighted by molar-refractivity contribution is -0.140. The minimum absolute atomic E-state index is 0.183. The number of carbonyl (C=O) groups excluding carboxylic acids is 2. The fourth-order valence-electron chi connectivity index (χ4n) is 2.84. The molecule has 0 saturated carbocycles. The molecule has 0 radical (unpaired) electrons. The van der Waals surface area contributed by atoms with Gasteiger partial charge in [-0.2, -0.15) is 4.39 Å². The van der Waals surface area contributed by atoms with Gasteiger partial charge >= 0.3 is 0 Å². The van der Waals surface area contributed by atoms with Gasteiger partial charge in [-0.3, -0.25) is 9.59 Å². The number of ether oxygens (including phenoxy) is 1. The quantitative estimate of drug-likeness (QED) is 0.845. The summed E-state index contributed by atoms with van der Waals surface area (Å²) in [7, 11) is 1.22. The molecule has 0 unspecified atom stereocenters. The number of hydrogen-bond acceptors (Lipinski definition) is 3. The summed E-state index contributed by atoms with van der Waals surface area (Å²) in [6, 6.07) is 1.67. The summed E-state index contributed by atoms with van der Waals surface area (Å²) in [5.41, 5.74) is -0.398. The van der Waals surface area contributed by atoms with Gasteiger partial charge in [-0.25, -0.2) is 4.39 Å². The van der Waals surface area contributed by atoms with Gasteiger partial charge in [0, 0.05) is 19.6 Å². The average Bonchev–Trinajstić information content (AvgIpc) is 2.53. The number of methoxy groups -OCH3 is 1. The maximum atomic E-state index is 14.1. The molecule has 1 fully saturated rings. The molecule has 5 nitrogen and oxygen atoms in total. The maximum Gasteiger partial charge on any atom is 0.257 e. The summed E-state index contributed by atoms with van der Waals surface area (Å²) in [5, 5.41) is 0. The number of halogens is 2. The van der Waals surface area contributed by atoms with Crippen molar-refractivity contribution in [2.24, 2.45) is 5.92 Å². The zero-order valence-electron chi connectivity index (χ0n) is 14.3. The van der Waals surface area contributed by atoms with E-state index in [4.69, 9.17) is 4.74 Å². The highest BCUT2D eigenvalue weighted by Gasteiger charge is 2.36. The molecule has 0 aromatic heterocycles. The lowest BCUT2D eigenvalue weighted by Gasteiger charge is -2.39. The van der Waals surface area contributed by atoms with E-state index in [0.717, 1.165) is 0 Å². The van der Waals surface area contributed by atoms with Crippen molar-refractivity contribution in [3.63, 3.8) is 0 Å². The molecule has 1 aromatic carbocycles. The van der Waals surface area contributed by atoms with Gasteiger partial charge in [-0.05, 0) is 25.0 Å². The monoisotopic (exact) mass is 340 g/mol. The van der Waals surface area contributed by atoms with Crippen LogP contribution in [0, 0.1) is 17.6 Å². The second-order valence-electron chi connectivity index (χ2n) is 6.30. The van der Waals surface area contributed by atoms with Gasteiger partial charge in [0.25, 0.3) is 5.91 Å². The number of benzene rings is 1. The molecule has 7 heteroatoms. The van der Waals surface area contributed by atoms with E-state index in [9.17, 15) is 18.4 Å². The molecule has 1 atom stereocenters. The Balaban J connectivity index is 2.22. The van der Waals surface area contributed by atoms with Crippen molar-refractivity contribution < 1.29 is 23.1 Å². The predicted octanol–water partition coefficient (Wildman–Crippen LogP) is 2.30. The first-order chi connectivity index (χ1) is 11.3. The molecule has 0 bridgehead atoms. The Morgan fingerprint density at radius 3 is 2.54 bits per heavy atom. The Hall–Kier alpha value is -2.18. The number of rotatable bonds is 4. The molecule has 0 N–H and O–H groups in total. The van der Waals surface area contributed by atoms with Crippen LogP contribution in [0.1, 0.15) is 31.1 Å². The second-order valence-corrected chi connectivity index (χ2v) is 6.30.